The van der Waals surface area contributed by atoms with E-state index in [9.17, 15) is 4.39 Å². The van der Waals surface area contributed by atoms with Gasteiger partial charge in [0, 0.05) is 15.5 Å². The lowest BCUT2D eigenvalue weighted by Crippen LogP contribution is -2.27. The molecule has 3 aromatic rings. The molecule has 29 heavy (non-hydrogen) atoms. The zero-order valence-corrected chi connectivity index (χ0v) is 18.3. The van der Waals surface area contributed by atoms with Gasteiger partial charge in [0.15, 0.2) is 12.0 Å². The minimum Gasteiger partial charge on any atom is -0.349 e. The summed E-state index contributed by atoms with van der Waals surface area (Å²) >= 11 is 2.26. The lowest BCUT2D eigenvalue weighted by Gasteiger charge is -2.24. The van der Waals surface area contributed by atoms with Crippen LogP contribution in [0, 0.1) is 9.39 Å². The Kier molecular flexibility index (Phi) is 4.53. The van der Waals surface area contributed by atoms with Gasteiger partial charge in [0.05, 0.1) is 11.5 Å². The Morgan fingerprint density at radius 2 is 1.86 bits per heavy atom. The van der Waals surface area contributed by atoms with E-state index < -0.39 is 5.79 Å². The average molecular weight is 510 g/mol. The van der Waals surface area contributed by atoms with Crippen LogP contribution < -0.4 is 5.32 Å². The van der Waals surface area contributed by atoms with Crippen molar-refractivity contribution in [2.75, 3.05) is 5.32 Å². The first kappa shape index (κ1) is 19.2. The van der Waals surface area contributed by atoms with Crippen molar-refractivity contribution in [3.63, 3.8) is 0 Å². The van der Waals surface area contributed by atoms with Crippen molar-refractivity contribution < 1.29 is 18.6 Å². The second kappa shape index (κ2) is 6.86. The third-order valence-electron chi connectivity index (χ3n) is 5.21. The van der Waals surface area contributed by atoms with Crippen LogP contribution in [-0.2, 0) is 14.2 Å². The van der Waals surface area contributed by atoms with E-state index in [1.807, 2.05) is 31.5 Å². The predicted octanol–water partition coefficient (Wildman–Crippen LogP) is 4.36. The molecule has 0 bridgehead atoms. The number of anilines is 2. The van der Waals surface area contributed by atoms with Crippen LogP contribution >= 0.6 is 22.6 Å². The molecule has 0 unspecified atom stereocenters. The summed E-state index contributed by atoms with van der Waals surface area (Å²) in [5.41, 5.74) is 1.48. The fraction of sp³-hybridized carbons (Fsp3) is 0.400. The molecular weight excluding hydrogens is 490 g/mol. The molecule has 4 heterocycles. The Labute approximate surface area is 180 Å². The van der Waals surface area contributed by atoms with Crippen LogP contribution in [0.4, 0.5) is 15.9 Å². The van der Waals surface area contributed by atoms with E-state index in [4.69, 9.17) is 14.2 Å². The summed E-state index contributed by atoms with van der Waals surface area (Å²) < 4.78 is 34.5. The topological polar surface area (TPSA) is 70.4 Å². The van der Waals surface area contributed by atoms with Gasteiger partial charge in [-0.25, -0.2) is 14.4 Å². The zero-order valence-electron chi connectivity index (χ0n) is 16.1. The SMILES string of the molecule is C[C@H]1O[C@@H](n2cc(I)c3c(Nc4ccc(F)cc4)ncnc32)[C@@H]2OC(C)(C)O[C@@H]21. The van der Waals surface area contributed by atoms with Crippen LogP contribution in [0.15, 0.2) is 36.8 Å². The molecule has 5 rings (SSSR count). The third kappa shape index (κ3) is 3.29. The molecule has 0 spiro atoms. The molecule has 152 valence electrons. The predicted molar refractivity (Wildman–Crippen MR) is 113 cm³/mol. The fourth-order valence-electron chi connectivity index (χ4n) is 4.00. The van der Waals surface area contributed by atoms with Crippen molar-refractivity contribution in [2.45, 2.75) is 51.1 Å². The van der Waals surface area contributed by atoms with E-state index in [1.165, 1.54) is 18.5 Å². The molecule has 0 saturated carbocycles. The van der Waals surface area contributed by atoms with Crippen LogP contribution in [-0.4, -0.2) is 38.6 Å². The maximum absolute atomic E-state index is 13.2. The molecule has 9 heteroatoms. The van der Waals surface area contributed by atoms with Gasteiger partial charge in [-0.15, -0.1) is 0 Å². The molecule has 1 N–H and O–H groups in total. The molecule has 2 aromatic heterocycles. The first-order chi connectivity index (χ1) is 13.8. The third-order valence-corrected chi connectivity index (χ3v) is 6.02. The lowest BCUT2D eigenvalue weighted by molar-refractivity contribution is -0.194. The Morgan fingerprint density at radius 1 is 1.14 bits per heavy atom. The molecule has 4 atom stereocenters. The summed E-state index contributed by atoms with van der Waals surface area (Å²) in [5.74, 6) is -0.282. The normalized spacial score (nSPS) is 28.0. The Balaban J connectivity index is 1.54. The number of aromatic nitrogens is 3. The van der Waals surface area contributed by atoms with Gasteiger partial charge in [-0.1, -0.05) is 0 Å². The first-order valence-electron chi connectivity index (χ1n) is 9.37. The smallest absolute Gasteiger partial charge is 0.164 e. The summed E-state index contributed by atoms with van der Waals surface area (Å²) in [6.45, 7) is 5.83. The molecule has 2 aliphatic heterocycles. The summed E-state index contributed by atoms with van der Waals surface area (Å²) in [4.78, 5) is 8.91. The van der Waals surface area contributed by atoms with Crippen LogP contribution in [0.3, 0.4) is 0 Å². The molecular formula is C20H20FIN4O3. The van der Waals surface area contributed by atoms with E-state index in [-0.39, 0.29) is 30.4 Å². The average Bonchev–Trinajstić information content (AvgIpc) is 3.27. The summed E-state index contributed by atoms with van der Waals surface area (Å²) in [6, 6.07) is 6.16. The van der Waals surface area contributed by atoms with Crippen molar-refractivity contribution in [2.24, 2.45) is 0 Å². The van der Waals surface area contributed by atoms with Crippen molar-refractivity contribution in [3.8, 4) is 0 Å². The number of benzene rings is 1. The molecule has 7 nitrogen and oxygen atoms in total. The summed E-state index contributed by atoms with van der Waals surface area (Å²) in [6.07, 6.45) is 2.69. The van der Waals surface area contributed by atoms with E-state index in [2.05, 4.69) is 37.9 Å². The maximum atomic E-state index is 13.2. The second-order valence-electron chi connectivity index (χ2n) is 7.73. The van der Waals surface area contributed by atoms with Gasteiger partial charge in [-0.2, -0.15) is 0 Å². The van der Waals surface area contributed by atoms with Crippen LogP contribution in [0.1, 0.15) is 27.0 Å². The monoisotopic (exact) mass is 510 g/mol. The van der Waals surface area contributed by atoms with Crippen molar-refractivity contribution in [3.05, 3.63) is 46.2 Å². The number of hydrogen-bond donors (Lipinski definition) is 1. The highest BCUT2D eigenvalue weighted by Crippen LogP contribution is 2.44. The Bertz CT molecular complexity index is 1070. The van der Waals surface area contributed by atoms with Gasteiger partial charge in [0.25, 0.3) is 0 Å². The highest BCUT2D eigenvalue weighted by atomic mass is 127. The van der Waals surface area contributed by atoms with E-state index in [1.54, 1.807) is 12.1 Å². The fourth-order valence-corrected chi connectivity index (χ4v) is 4.79. The lowest BCUT2D eigenvalue weighted by atomic mass is 10.1. The molecule has 0 aliphatic carbocycles. The van der Waals surface area contributed by atoms with Crippen LogP contribution in [0.5, 0.6) is 0 Å². The molecule has 0 amide bonds. The van der Waals surface area contributed by atoms with Gasteiger partial charge < -0.3 is 24.1 Å². The van der Waals surface area contributed by atoms with Gasteiger partial charge in [0.1, 0.15) is 35.8 Å². The number of halogens is 2. The summed E-state index contributed by atoms with van der Waals surface area (Å²) in [7, 11) is 0. The quantitative estimate of drug-likeness (QED) is 0.529. The largest absolute Gasteiger partial charge is 0.349 e. The number of rotatable bonds is 3. The van der Waals surface area contributed by atoms with E-state index in [0.29, 0.717) is 5.82 Å². The van der Waals surface area contributed by atoms with Gasteiger partial charge in [-0.3, -0.25) is 0 Å². The van der Waals surface area contributed by atoms with E-state index >= 15 is 0 Å². The molecule has 2 aliphatic rings. The Hall–Kier alpha value is -1.82. The number of fused-ring (bicyclic) bond motifs is 2. The minimum absolute atomic E-state index is 0.0967. The highest BCUT2D eigenvalue weighted by molar-refractivity contribution is 14.1. The number of nitrogens with zero attached hydrogens (tertiary/aromatic N) is 3. The number of ether oxygens (including phenoxy) is 3. The number of nitrogens with one attached hydrogen (secondary N) is 1. The van der Waals surface area contributed by atoms with Crippen molar-refractivity contribution >= 4 is 45.1 Å². The highest BCUT2D eigenvalue weighted by Gasteiger charge is 2.54. The van der Waals surface area contributed by atoms with Gasteiger partial charge >= 0.3 is 0 Å². The Morgan fingerprint density at radius 3 is 2.62 bits per heavy atom. The van der Waals surface area contributed by atoms with Gasteiger partial charge in [0.2, 0.25) is 0 Å². The van der Waals surface area contributed by atoms with Gasteiger partial charge in [-0.05, 0) is 67.6 Å². The standard InChI is InChI=1S/C20H20FIN4O3/c1-10-15-16(29-20(2,3)28-15)19(27-10)26-8-13(22)14-17(23-9-24-18(14)26)25-12-6-4-11(21)5-7-12/h4-10,15-16,19H,1-3H3,(H,23,24,25)/t10-,15-,16-,19-/m1/s1. The van der Waals surface area contributed by atoms with Crippen molar-refractivity contribution in [1.82, 2.24) is 14.5 Å². The van der Waals surface area contributed by atoms with Crippen LogP contribution in [0.2, 0.25) is 0 Å². The maximum Gasteiger partial charge on any atom is 0.164 e. The summed E-state index contributed by atoms with van der Waals surface area (Å²) in [5, 5.41) is 4.13. The molecule has 2 fully saturated rings. The first-order valence-corrected chi connectivity index (χ1v) is 10.4. The van der Waals surface area contributed by atoms with Crippen molar-refractivity contribution in [1.29, 1.82) is 0 Å². The molecule has 1 aromatic carbocycles. The second-order valence-corrected chi connectivity index (χ2v) is 8.90. The molecule has 2 saturated heterocycles. The van der Waals surface area contributed by atoms with Crippen LogP contribution in [0.25, 0.3) is 11.0 Å². The van der Waals surface area contributed by atoms with E-state index in [0.717, 1.165) is 20.3 Å². The zero-order chi connectivity index (χ0) is 20.3. The minimum atomic E-state index is -0.647. The number of hydrogen-bond acceptors (Lipinski definition) is 6. The molecule has 0 radical (unpaired) electrons.